The van der Waals surface area contributed by atoms with E-state index in [0.717, 1.165) is 29.8 Å². The molecule has 1 aromatic heterocycles. The zero-order valence-corrected chi connectivity index (χ0v) is 24.0. The highest BCUT2D eigenvalue weighted by Gasteiger charge is 2.52. The van der Waals surface area contributed by atoms with Crippen molar-refractivity contribution in [2.45, 2.75) is 24.8 Å². The fraction of sp³-hybridized carbons (Fsp3) is 0.355. The van der Waals surface area contributed by atoms with Crippen LogP contribution in [0.5, 0.6) is 0 Å². The highest BCUT2D eigenvalue weighted by Crippen LogP contribution is 2.45. The second kappa shape index (κ2) is 11.3. The third kappa shape index (κ3) is 5.26. The molecule has 0 radical (unpaired) electrons. The van der Waals surface area contributed by atoms with Gasteiger partial charge in [-0.3, -0.25) is 14.5 Å². The standard InChI is InChI=1S/C31H30Cl2N6O2/c32-24-5-1-3-21(15-24)17-31(26-8-7-25(33)16-27(26)36-30(31)41)39-10-2-4-23(20-39)29(40)38-13-11-37(12-14-38)28-9-6-22(18-34)19-35-28/h1,3,5-9,15-16,19,23H,2,4,10-14,17,20H2,(H,36,41). The molecular formula is C31H30Cl2N6O2. The van der Waals surface area contributed by atoms with Crippen molar-refractivity contribution in [1.29, 1.82) is 5.26 Å². The molecule has 2 amide bonds. The van der Waals surface area contributed by atoms with Crippen LogP contribution in [0.15, 0.2) is 60.8 Å². The van der Waals surface area contributed by atoms with Gasteiger partial charge in [0.25, 0.3) is 0 Å². The third-order valence-electron chi connectivity index (χ3n) is 8.50. The van der Waals surface area contributed by atoms with Crippen molar-refractivity contribution < 1.29 is 9.59 Å². The summed E-state index contributed by atoms with van der Waals surface area (Å²) in [4.78, 5) is 38.4. The Balaban J connectivity index is 1.22. The molecule has 3 aliphatic heterocycles. The number of carbonyl (C=O) groups excluding carboxylic acids is 2. The number of anilines is 2. The first-order valence-electron chi connectivity index (χ1n) is 13.9. The number of amides is 2. The van der Waals surface area contributed by atoms with Gasteiger partial charge in [0.15, 0.2) is 0 Å². The zero-order chi connectivity index (χ0) is 28.6. The maximum absolute atomic E-state index is 13.9. The highest BCUT2D eigenvalue weighted by atomic mass is 35.5. The van der Waals surface area contributed by atoms with Gasteiger partial charge in [-0.15, -0.1) is 0 Å². The Bertz CT molecular complexity index is 1520. The smallest absolute Gasteiger partial charge is 0.249 e. The molecule has 0 bridgehead atoms. The van der Waals surface area contributed by atoms with Gasteiger partial charge >= 0.3 is 0 Å². The molecule has 3 aromatic rings. The molecule has 10 heteroatoms. The summed E-state index contributed by atoms with van der Waals surface area (Å²) in [6.07, 6.45) is 3.62. The topological polar surface area (TPSA) is 92.6 Å². The number of fused-ring (bicyclic) bond motifs is 1. The number of piperazine rings is 1. The minimum Gasteiger partial charge on any atom is -0.353 e. The van der Waals surface area contributed by atoms with Crippen LogP contribution in [0.25, 0.3) is 0 Å². The van der Waals surface area contributed by atoms with Crippen LogP contribution in [-0.4, -0.2) is 65.9 Å². The monoisotopic (exact) mass is 588 g/mol. The van der Waals surface area contributed by atoms with Crippen LogP contribution in [0, 0.1) is 17.2 Å². The molecule has 41 heavy (non-hydrogen) atoms. The summed E-state index contributed by atoms with van der Waals surface area (Å²) in [6.45, 7) is 3.76. The lowest BCUT2D eigenvalue weighted by molar-refractivity contribution is -0.141. The predicted molar refractivity (Wildman–Crippen MR) is 159 cm³/mol. The van der Waals surface area contributed by atoms with Crippen molar-refractivity contribution in [2.75, 3.05) is 49.5 Å². The summed E-state index contributed by atoms with van der Waals surface area (Å²) >= 11 is 12.6. The maximum Gasteiger partial charge on any atom is 0.249 e. The van der Waals surface area contributed by atoms with Crippen molar-refractivity contribution in [3.8, 4) is 6.07 Å². The normalized spacial score (nSPS) is 22.7. The van der Waals surface area contributed by atoms with Gasteiger partial charge in [0.05, 0.1) is 11.5 Å². The second-order valence-corrected chi connectivity index (χ2v) is 11.8. The number of hydrogen-bond acceptors (Lipinski definition) is 6. The number of pyridine rings is 1. The molecule has 3 aliphatic rings. The molecule has 4 heterocycles. The van der Waals surface area contributed by atoms with Crippen LogP contribution in [0.4, 0.5) is 11.5 Å². The van der Waals surface area contributed by atoms with Crippen LogP contribution < -0.4 is 10.2 Å². The van der Waals surface area contributed by atoms with Crippen LogP contribution in [0.3, 0.4) is 0 Å². The molecule has 2 saturated heterocycles. The quantitative estimate of drug-likeness (QED) is 0.464. The van der Waals surface area contributed by atoms with Crippen molar-refractivity contribution in [3.05, 3.63) is 87.5 Å². The van der Waals surface area contributed by atoms with Gasteiger partial charge in [-0.2, -0.15) is 5.26 Å². The van der Waals surface area contributed by atoms with Gasteiger partial charge in [0.1, 0.15) is 17.4 Å². The van der Waals surface area contributed by atoms with Crippen molar-refractivity contribution in [2.24, 2.45) is 5.92 Å². The number of nitrogens with one attached hydrogen (secondary N) is 1. The Morgan fingerprint density at radius 3 is 2.59 bits per heavy atom. The molecule has 2 unspecified atom stereocenters. The Kier molecular flexibility index (Phi) is 7.60. The van der Waals surface area contributed by atoms with E-state index in [9.17, 15) is 9.59 Å². The minimum atomic E-state index is -0.969. The second-order valence-electron chi connectivity index (χ2n) is 10.9. The van der Waals surface area contributed by atoms with Crippen LogP contribution in [-0.2, 0) is 21.5 Å². The first kappa shape index (κ1) is 27.5. The van der Waals surface area contributed by atoms with E-state index in [1.54, 1.807) is 18.3 Å². The Morgan fingerprint density at radius 1 is 1.05 bits per heavy atom. The average Bonchev–Trinajstić information content (AvgIpc) is 3.27. The van der Waals surface area contributed by atoms with E-state index in [0.29, 0.717) is 67.0 Å². The molecule has 2 fully saturated rings. The number of piperidine rings is 1. The molecule has 2 atom stereocenters. The van der Waals surface area contributed by atoms with E-state index < -0.39 is 5.54 Å². The zero-order valence-electron chi connectivity index (χ0n) is 22.5. The van der Waals surface area contributed by atoms with Crippen LogP contribution >= 0.6 is 23.2 Å². The predicted octanol–water partition coefficient (Wildman–Crippen LogP) is 4.71. The van der Waals surface area contributed by atoms with E-state index >= 15 is 0 Å². The molecule has 0 aliphatic carbocycles. The molecule has 6 rings (SSSR count). The molecule has 8 nitrogen and oxygen atoms in total. The largest absolute Gasteiger partial charge is 0.353 e. The number of hydrogen-bond donors (Lipinski definition) is 1. The van der Waals surface area contributed by atoms with Gasteiger partial charge in [0, 0.05) is 66.6 Å². The summed E-state index contributed by atoms with van der Waals surface area (Å²) in [5, 5.41) is 13.3. The summed E-state index contributed by atoms with van der Waals surface area (Å²) < 4.78 is 0. The van der Waals surface area contributed by atoms with E-state index in [-0.39, 0.29) is 17.7 Å². The van der Waals surface area contributed by atoms with E-state index in [1.807, 2.05) is 47.4 Å². The van der Waals surface area contributed by atoms with Gasteiger partial charge in [-0.1, -0.05) is 41.4 Å². The highest BCUT2D eigenvalue weighted by molar-refractivity contribution is 6.31. The molecule has 1 N–H and O–H groups in total. The molecule has 0 saturated carbocycles. The fourth-order valence-corrected chi connectivity index (χ4v) is 6.84. The Morgan fingerprint density at radius 2 is 1.85 bits per heavy atom. The van der Waals surface area contributed by atoms with Gasteiger partial charge < -0.3 is 15.1 Å². The van der Waals surface area contributed by atoms with Gasteiger partial charge in [0.2, 0.25) is 11.8 Å². The van der Waals surface area contributed by atoms with E-state index in [4.69, 9.17) is 28.5 Å². The number of rotatable bonds is 5. The maximum atomic E-state index is 13.9. The van der Waals surface area contributed by atoms with Crippen LogP contribution in [0.2, 0.25) is 10.0 Å². The van der Waals surface area contributed by atoms with E-state index in [2.05, 4.69) is 26.2 Å². The SMILES string of the molecule is N#Cc1ccc(N2CCN(C(=O)C3CCCN(C4(Cc5cccc(Cl)c5)C(=O)Nc5cc(Cl)ccc54)C3)CC2)nc1. The number of carbonyl (C=O) groups is 2. The Hall–Kier alpha value is -3.64. The van der Waals surface area contributed by atoms with Gasteiger partial charge in [-0.25, -0.2) is 4.98 Å². The van der Waals surface area contributed by atoms with Crippen molar-refractivity contribution in [3.63, 3.8) is 0 Å². The number of nitrogens with zero attached hydrogens (tertiary/aromatic N) is 5. The molecule has 2 aromatic carbocycles. The van der Waals surface area contributed by atoms with Gasteiger partial charge in [-0.05, 0) is 61.3 Å². The van der Waals surface area contributed by atoms with Crippen molar-refractivity contribution >= 4 is 46.5 Å². The first-order chi connectivity index (χ1) is 19.9. The number of halogens is 2. The van der Waals surface area contributed by atoms with Crippen LogP contribution in [0.1, 0.15) is 29.5 Å². The summed E-state index contributed by atoms with van der Waals surface area (Å²) in [6, 6.07) is 18.9. The molecule has 0 spiro atoms. The summed E-state index contributed by atoms with van der Waals surface area (Å²) in [5.41, 5.74) is 2.11. The fourth-order valence-electron chi connectivity index (χ4n) is 6.45. The molecular weight excluding hydrogens is 559 g/mol. The molecule has 210 valence electrons. The first-order valence-corrected chi connectivity index (χ1v) is 14.6. The lowest BCUT2D eigenvalue weighted by Crippen LogP contribution is -2.58. The van der Waals surface area contributed by atoms with Crippen molar-refractivity contribution in [1.82, 2.24) is 14.8 Å². The summed E-state index contributed by atoms with van der Waals surface area (Å²) in [5.74, 6) is 0.638. The number of likely N-dealkylation sites (tertiary alicyclic amines) is 1. The number of benzene rings is 2. The van der Waals surface area contributed by atoms with E-state index in [1.165, 1.54) is 0 Å². The summed E-state index contributed by atoms with van der Waals surface area (Å²) in [7, 11) is 0. The third-order valence-corrected chi connectivity index (χ3v) is 8.97. The number of nitriles is 1. The Labute approximate surface area is 249 Å². The number of aromatic nitrogens is 1. The lowest BCUT2D eigenvalue weighted by atomic mass is 9.80. The lowest BCUT2D eigenvalue weighted by Gasteiger charge is -2.45. The minimum absolute atomic E-state index is 0.105. The average molecular weight is 590 g/mol.